The number of amides is 2. The smallest absolute Gasteiger partial charge is 0.253 e. The van der Waals surface area contributed by atoms with Crippen molar-refractivity contribution in [2.75, 3.05) is 32.9 Å². The summed E-state index contributed by atoms with van der Waals surface area (Å²) in [6, 6.07) is 11.9. The molecule has 1 aliphatic rings. The van der Waals surface area contributed by atoms with E-state index in [2.05, 4.69) is 10.3 Å². The molecule has 0 saturated heterocycles. The Morgan fingerprint density at radius 1 is 1.16 bits per heavy atom. The Hall–Kier alpha value is -3.23. The molecule has 0 atom stereocenters. The van der Waals surface area contributed by atoms with Crippen LogP contribution in [0.25, 0.3) is 10.9 Å². The molecule has 7 nitrogen and oxygen atoms in total. The molecule has 1 aliphatic heterocycles. The van der Waals surface area contributed by atoms with E-state index in [4.69, 9.17) is 9.84 Å². The quantitative estimate of drug-likeness (QED) is 0.469. The summed E-state index contributed by atoms with van der Waals surface area (Å²) < 4.78 is 19.1. The molecular formula is C24H26FN3O4. The molecule has 1 aromatic heterocycles. The third kappa shape index (κ3) is 4.66. The average Bonchev–Trinajstić information content (AvgIpc) is 3.18. The molecule has 2 amide bonds. The van der Waals surface area contributed by atoms with Crippen molar-refractivity contribution in [1.82, 2.24) is 15.2 Å². The summed E-state index contributed by atoms with van der Waals surface area (Å²) in [6.45, 7) is 1.79. The lowest BCUT2D eigenvalue weighted by Crippen LogP contribution is -2.37. The fourth-order valence-electron chi connectivity index (χ4n) is 4.08. The molecule has 0 fully saturated rings. The van der Waals surface area contributed by atoms with Crippen LogP contribution in [0.2, 0.25) is 0 Å². The van der Waals surface area contributed by atoms with Gasteiger partial charge in [0.25, 0.3) is 5.91 Å². The molecule has 0 spiro atoms. The molecule has 3 N–H and O–H groups in total. The van der Waals surface area contributed by atoms with Gasteiger partial charge in [0.15, 0.2) is 0 Å². The first-order valence-corrected chi connectivity index (χ1v) is 10.7. The number of hydrogen-bond acceptors (Lipinski definition) is 4. The molecule has 3 aromatic rings. The standard InChI is InChI=1S/C24H26FN3O4/c25-20-7-2-1-4-16(20)14-22(30)28-10-8-17-18-5-3-6-19(23(18)27-21(17)15-28)24(31)26-9-12-32-13-11-29/h1-7,27,29H,8-15H2,(H,26,31). The molecule has 0 radical (unpaired) electrons. The maximum absolute atomic E-state index is 13.9. The van der Waals surface area contributed by atoms with Crippen LogP contribution in [-0.4, -0.2) is 59.7 Å². The molecule has 32 heavy (non-hydrogen) atoms. The van der Waals surface area contributed by atoms with Crippen molar-refractivity contribution in [3.05, 3.63) is 70.7 Å². The van der Waals surface area contributed by atoms with E-state index in [1.807, 2.05) is 12.1 Å². The third-order valence-electron chi connectivity index (χ3n) is 5.67. The van der Waals surface area contributed by atoms with E-state index in [-0.39, 0.29) is 37.3 Å². The van der Waals surface area contributed by atoms with Crippen LogP contribution in [0.1, 0.15) is 27.2 Å². The van der Waals surface area contributed by atoms with Crippen molar-refractivity contribution in [3.63, 3.8) is 0 Å². The molecule has 4 rings (SSSR count). The Balaban J connectivity index is 1.48. The van der Waals surface area contributed by atoms with Crippen molar-refractivity contribution in [3.8, 4) is 0 Å². The topological polar surface area (TPSA) is 94.7 Å². The van der Waals surface area contributed by atoms with Gasteiger partial charge in [0.1, 0.15) is 5.82 Å². The molecule has 0 unspecified atom stereocenters. The number of para-hydroxylation sites is 1. The predicted octanol–water partition coefficient (Wildman–Crippen LogP) is 2.17. The van der Waals surface area contributed by atoms with E-state index >= 15 is 0 Å². The van der Waals surface area contributed by atoms with Crippen LogP contribution in [0.4, 0.5) is 4.39 Å². The summed E-state index contributed by atoms with van der Waals surface area (Å²) in [7, 11) is 0. The summed E-state index contributed by atoms with van der Waals surface area (Å²) >= 11 is 0. The van der Waals surface area contributed by atoms with Gasteiger partial charge in [-0.15, -0.1) is 0 Å². The van der Waals surface area contributed by atoms with E-state index in [1.165, 1.54) is 6.07 Å². The lowest BCUT2D eigenvalue weighted by Gasteiger charge is -2.27. The fourth-order valence-corrected chi connectivity index (χ4v) is 4.08. The molecule has 0 saturated carbocycles. The highest BCUT2D eigenvalue weighted by Crippen LogP contribution is 2.30. The van der Waals surface area contributed by atoms with Gasteiger partial charge in [-0.1, -0.05) is 30.3 Å². The number of aromatic amines is 1. The van der Waals surface area contributed by atoms with Gasteiger partial charge < -0.3 is 25.0 Å². The zero-order valence-corrected chi connectivity index (χ0v) is 17.7. The van der Waals surface area contributed by atoms with Gasteiger partial charge in [-0.25, -0.2) is 4.39 Å². The van der Waals surface area contributed by atoms with E-state index < -0.39 is 0 Å². The molecular weight excluding hydrogens is 413 g/mol. The maximum atomic E-state index is 13.9. The fraction of sp³-hybridized carbons (Fsp3) is 0.333. The van der Waals surface area contributed by atoms with Gasteiger partial charge in [0.05, 0.1) is 43.9 Å². The van der Waals surface area contributed by atoms with Crippen LogP contribution in [0.3, 0.4) is 0 Å². The Labute approximate surface area is 185 Å². The number of halogens is 1. The van der Waals surface area contributed by atoms with Crippen LogP contribution < -0.4 is 5.32 Å². The van der Waals surface area contributed by atoms with Gasteiger partial charge in [-0.3, -0.25) is 9.59 Å². The van der Waals surface area contributed by atoms with Crippen LogP contribution in [0, 0.1) is 5.82 Å². The van der Waals surface area contributed by atoms with Gasteiger partial charge >= 0.3 is 0 Å². The van der Waals surface area contributed by atoms with Gasteiger partial charge in [0, 0.05) is 24.2 Å². The van der Waals surface area contributed by atoms with Crippen molar-refractivity contribution in [1.29, 1.82) is 0 Å². The lowest BCUT2D eigenvalue weighted by molar-refractivity contribution is -0.131. The zero-order chi connectivity index (χ0) is 22.5. The molecule has 2 aromatic carbocycles. The van der Waals surface area contributed by atoms with E-state index in [9.17, 15) is 14.0 Å². The van der Waals surface area contributed by atoms with E-state index in [0.29, 0.717) is 43.8 Å². The summed E-state index contributed by atoms with van der Waals surface area (Å²) in [4.78, 5) is 30.5. The molecule has 8 heteroatoms. The number of aliphatic hydroxyl groups excluding tert-OH is 1. The minimum Gasteiger partial charge on any atom is -0.394 e. The highest BCUT2D eigenvalue weighted by Gasteiger charge is 2.25. The number of ether oxygens (including phenoxy) is 1. The highest BCUT2D eigenvalue weighted by atomic mass is 19.1. The second-order valence-electron chi connectivity index (χ2n) is 7.74. The SMILES string of the molecule is O=C(NCCOCCO)c1cccc2c3c([nH]c12)CN(C(=O)Cc1ccccc1F)CC3. The van der Waals surface area contributed by atoms with Crippen molar-refractivity contribution >= 4 is 22.7 Å². The maximum Gasteiger partial charge on any atom is 0.253 e. The van der Waals surface area contributed by atoms with Crippen LogP contribution >= 0.6 is 0 Å². The van der Waals surface area contributed by atoms with Gasteiger partial charge in [-0.2, -0.15) is 0 Å². The highest BCUT2D eigenvalue weighted by molar-refractivity contribution is 6.06. The monoisotopic (exact) mass is 439 g/mol. The Kier molecular flexibility index (Phi) is 6.82. The first-order chi connectivity index (χ1) is 15.6. The van der Waals surface area contributed by atoms with Crippen molar-refractivity contribution in [2.45, 2.75) is 19.4 Å². The van der Waals surface area contributed by atoms with Crippen LogP contribution in [-0.2, 0) is 28.9 Å². The largest absolute Gasteiger partial charge is 0.394 e. The Morgan fingerprint density at radius 2 is 2.00 bits per heavy atom. The first-order valence-electron chi connectivity index (χ1n) is 10.7. The van der Waals surface area contributed by atoms with E-state index in [1.54, 1.807) is 29.2 Å². The summed E-state index contributed by atoms with van der Waals surface area (Å²) in [5, 5.41) is 12.5. The number of aliphatic hydroxyl groups is 1. The Bertz CT molecular complexity index is 1130. The lowest BCUT2D eigenvalue weighted by atomic mass is 10.0. The number of carbonyl (C=O) groups excluding carboxylic acids is 2. The van der Waals surface area contributed by atoms with Crippen molar-refractivity contribution in [2.24, 2.45) is 0 Å². The number of fused-ring (bicyclic) bond motifs is 3. The number of carbonyl (C=O) groups is 2. The third-order valence-corrected chi connectivity index (χ3v) is 5.67. The van der Waals surface area contributed by atoms with Crippen molar-refractivity contribution < 1.29 is 23.8 Å². The second kappa shape index (κ2) is 9.93. The normalized spacial score (nSPS) is 13.2. The number of nitrogens with zero attached hydrogens (tertiary/aromatic N) is 1. The first kappa shape index (κ1) is 22.0. The van der Waals surface area contributed by atoms with Gasteiger partial charge in [-0.05, 0) is 29.7 Å². The summed E-state index contributed by atoms with van der Waals surface area (Å²) in [6.07, 6.45) is 0.687. The molecule has 0 bridgehead atoms. The molecule has 2 heterocycles. The summed E-state index contributed by atoms with van der Waals surface area (Å²) in [5.41, 5.74) is 3.68. The minimum absolute atomic E-state index is 0.0221. The number of aromatic nitrogens is 1. The van der Waals surface area contributed by atoms with Crippen LogP contribution in [0.15, 0.2) is 42.5 Å². The number of nitrogens with one attached hydrogen (secondary N) is 2. The minimum atomic E-state index is -0.374. The van der Waals surface area contributed by atoms with E-state index in [0.717, 1.165) is 22.2 Å². The second-order valence-corrected chi connectivity index (χ2v) is 7.74. The summed E-state index contributed by atoms with van der Waals surface area (Å²) in [5.74, 6) is -0.712. The number of benzene rings is 2. The molecule has 0 aliphatic carbocycles. The average molecular weight is 439 g/mol. The Morgan fingerprint density at radius 3 is 2.81 bits per heavy atom. The predicted molar refractivity (Wildman–Crippen MR) is 118 cm³/mol. The number of rotatable bonds is 8. The van der Waals surface area contributed by atoms with Crippen LogP contribution in [0.5, 0.6) is 0 Å². The number of hydrogen-bond donors (Lipinski definition) is 3. The molecule has 168 valence electrons. The van der Waals surface area contributed by atoms with Gasteiger partial charge in [0.2, 0.25) is 5.91 Å². The zero-order valence-electron chi connectivity index (χ0n) is 17.7. The number of H-pyrrole nitrogens is 1.